The topological polar surface area (TPSA) is 94.1 Å². The van der Waals surface area contributed by atoms with E-state index in [-0.39, 0.29) is 18.6 Å². The summed E-state index contributed by atoms with van der Waals surface area (Å²) in [7, 11) is 0. The van der Waals surface area contributed by atoms with E-state index in [0.29, 0.717) is 28.7 Å². The molecule has 0 unspecified atom stereocenters. The Morgan fingerprint density at radius 2 is 1.70 bits per heavy atom. The van der Waals surface area contributed by atoms with Crippen LogP contribution < -0.4 is 15.5 Å². The molecule has 3 aromatic carbocycles. The monoisotopic (exact) mass is 515 g/mol. The minimum Gasteiger partial charge on any atom is -0.489 e. The minimum atomic E-state index is -1.22. The highest BCUT2D eigenvalue weighted by Gasteiger charge is 2.40. The summed E-state index contributed by atoms with van der Waals surface area (Å²) in [4.78, 5) is 24.8. The average molecular weight is 516 g/mol. The summed E-state index contributed by atoms with van der Waals surface area (Å²) in [6.45, 7) is 4.01. The van der Waals surface area contributed by atoms with Crippen molar-refractivity contribution in [2.45, 2.75) is 31.8 Å². The van der Waals surface area contributed by atoms with E-state index in [1.165, 1.54) is 11.3 Å². The van der Waals surface area contributed by atoms with Crippen LogP contribution in [0.4, 0.5) is 4.79 Å². The zero-order valence-electron chi connectivity index (χ0n) is 20.4. The molecule has 0 spiro atoms. The van der Waals surface area contributed by atoms with E-state index in [9.17, 15) is 14.7 Å². The van der Waals surface area contributed by atoms with Gasteiger partial charge in [-0.2, -0.15) is 0 Å². The number of benzene rings is 3. The molecular weight excluding hydrogens is 490 g/mol. The molecule has 2 heterocycles. The summed E-state index contributed by atoms with van der Waals surface area (Å²) in [6.07, 6.45) is -1.22. The van der Waals surface area contributed by atoms with Gasteiger partial charge in [0.05, 0.1) is 13.2 Å². The van der Waals surface area contributed by atoms with Crippen LogP contribution in [0.1, 0.15) is 25.0 Å². The van der Waals surface area contributed by atoms with E-state index in [1.807, 2.05) is 54.6 Å². The van der Waals surface area contributed by atoms with Gasteiger partial charge in [0, 0.05) is 25.7 Å². The summed E-state index contributed by atoms with van der Waals surface area (Å²) in [5.74, 6) is 5.78. The van der Waals surface area contributed by atoms with Crippen LogP contribution >= 0.6 is 11.3 Å². The molecule has 1 amide bonds. The maximum absolute atomic E-state index is 13.4. The van der Waals surface area contributed by atoms with E-state index in [1.54, 1.807) is 26.0 Å². The van der Waals surface area contributed by atoms with Gasteiger partial charge in [-0.05, 0) is 55.8 Å². The summed E-state index contributed by atoms with van der Waals surface area (Å²) in [5.41, 5.74) is 0.307. The zero-order valence-corrected chi connectivity index (χ0v) is 21.2. The molecule has 0 radical (unpaired) electrons. The number of nitrogens with one attached hydrogen (secondary N) is 1. The number of hydrogen-bond donors (Lipinski definition) is 2. The van der Waals surface area contributed by atoms with Crippen LogP contribution in [-0.2, 0) is 16.1 Å². The van der Waals surface area contributed by atoms with E-state index < -0.39 is 17.4 Å². The summed E-state index contributed by atoms with van der Waals surface area (Å²) in [6, 6.07) is 20.8. The number of amides is 1. The van der Waals surface area contributed by atoms with Gasteiger partial charge in [0.15, 0.2) is 16.8 Å². The minimum absolute atomic E-state index is 0.0398. The van der Waals surface area contributed by atoms with Gasteiger partial charge >= 0.3 is 6.09 Å². The smallest absolute Gasteiger partial charge is 0.406 e. The molecule has 37 heavy (non-hydrogen) atoms. The Hall–Kier alpha value is -3.90. The van der Waals surface area contributed by atoms with Gasteiger partial charge in [-0.1, -0.05) is 42.2 Å². The number of carboxylic acid groups (broad SMARTS) is 1. The number of ether oxygens (including phenoxy) is 3. The summed E-state index contributed by atoms with van der Waals surface area (Å²) in [5, 5.41) is 12.9. The molecule has 2 N–H and O–H groups in total. The highest BCUT2D eigenvalue weighted by Crippen LogP contribution is 2.29. The molecule has 7 nitrogen and oxygen atoms in total. The Morgan fingerprint density at radius 3 is 2.41 bits per heavy atom. The second kappa shape index (κ2) is 9.87. The molecule has 188 valence electrons. The van der Waals surface area contributed by atoms with Crippen LogP contribution in [0.15, 0.2) is 71.5 Å². The normalized spacial score (nSPS) is 16.1. The van der Waals surface area contributed by atoms with Crippen LogP contribution in [0.25, 0.3) is 20.2 Å². The first-order valence-electron chi connectivity index (χ1n) is 11.7. The van der Waals surface area contributed by atoms with Crippen molar-refractivity contribution < 1.29 is 24.1 Å². The first kappa shape index (κ1) is 24.8. The lowest BCUT2D eigenvalue weighted by molar-refractivity contribution is -0.262. The van der Waals surface area contributed by atoms with Crippen LogP contribution in [0.3, 0.4) is 0 Å². The molecular formula is C29H25NO6S. The van der Waals surface area contributed by atoms with Crippen molar-refractivity contribution in [1.29, 1.82) is 0 Å². The molecule has 0 aliphatic carbocycles. The maximum Gasteiger partial charge on any atom is 0.406 e. The number of hydrogen-bond acceptors (Lipinski definition) is 6. The zero-order chi connectivity index (χ0) is 26.0. The van der Waals surface area contributed by atoms with Gasteiger partial charge in [0.1, 0.15) is 12.4 Å². The second-order valence-corrected chi connectivity index (χ2v) is 10.4. The van der Waals surface area contributed by atoms with Gasteiger partial charge in [0.2, 0.25) is 0 Å². The third kappa shape index (κ3) is 5.59. The van der Waals surface area contributed by atoms with Crippen LogP contribution in [0.5, 0.6) is 5.75 Å². The first-order chi connectivity index (χ1) is 17.7. The Labute approximate surface area is 217 Å². The van der Waals surface area contributed by atoms with Crippen LogP contribution in [0.2, 0.25) is 0 Å². The molecule has 1 aliphatic heterocycles. The fourth-order valence-corrected chi connectivity index (χ4v) is 5.03. The third-order valence-electron chi connectivity index (χ3n) is 6.01. The average Bonchev–Trinajstić information content (AvgIpc) is 2.89. The second-order valence-electron chi connectivity index (χ2n) is 9.31. The number of carbonyl (C=O) groups is 1. The van der Waals surface area contributed by atoms with Crippen molar-refractivity contribution in [1.82, 2.24) is 5.32 Å². The van der Waals surface area contributed by atoms with Crippen molar-refractivity contribution in [3.63, 3.8) is 0 Å². The lowest BCUT2D eigenvalue weighted by Crippen LogP contribution is -2.60. The predicted octanol–water partition coefficient (Wildman–Crippen LogP) is 5.13. The van der Waals surface area contributed by atoms with Crippen molar-refractivity contribution in [3.8, 4) is 17.6 Å². The van der Waals surface area contributed by atoms with Gasteiger partial charge < -0.3 is 24.6 Å². The quantitative estimate of drug-likeness (QED) is 0.289. The standard InChI is InChI=1S/C29H25NO6S/c1-28(2)35-17-29(18-36-28,30-27(32)33)13-12-19-8-10-24-22(14-19)26(31)23-15-21(9-11-25(23)37-24)34-16-20-6-4-3-5-7-20/h3-11,14-15,30H,16-18H2,1-2H3,(H,32,33). The fraction of sp³-hybridized carbons (Fsp3) is 0.241. The molecule has 1 saturated heterocycles. The molecule has 1 aromatic heterocycles. The first-order valence-corrected chi connectivity index (χ1v) is 12.5. The van der Waals surface area contributed by atoms with Crippen LogP contribution in [0, 0.1) is 11.8 Å². The van der Waals surface area contributed by atoms with E-state index in [0.717, 1.165) is 15.0 Å². The predicted molar refractivity (Wildman–Crippen MR) is 143 cm³/mol. The number of fused-ring (bicyclic) bond motifs is 2. The van der Waals surface area contributed by atoms with E-state index in [2.05, 4.69) is 17.2 Å². The highest BCUT2D eigenvalue weighted by atomic mass is 32.1. The summed E-state index contributed by atoms with van der Waals surface area (Å²) >= 11 is 1.52. The van der Waals surface area contributed by atoms with Crippen molar-refractivity contribution in [2.24, 2.45) is 0 Å². The molecule has 0 saturated carbocycles. The van der Waals surface area contributed by atoms with Gasteiger partial charge in [-0.15, -0.1) is 11.3 Å². The maximum atomic E-state index is 13.4. The van der Waals surface area contributed by atoms with Crippen molar-refractivity contribution >= 4 is 37.6 Å². The van der Waals surface area contributed by atoms with Crippen LogP contribution in [-0.4, -0.2) is 35.7 Å². The summed E-state index contributed by atoms with van der Waals surface area (Å²) < 4.78 is 18.9. The van der Waals surface area contributed by atoms with Crippen molar-refractivity contribution in [2.75, 3.05) is 13.2 Å². The molecule has 4 aromatic rings. The molecule has 0 bridgehead atoms. The van der Waals surface area contributed by atoms with Gasteiger partial charge in [0.25, 0.3) is 0 Å². The molecule has 1 fully saturated rings. The SMILES string of the molecule is CC1(C)OCC(C#Cc2ccc3sc4ccc(OCc5ccccc5)cc4c(=O)c3c2)(NC(=O)O)CO1. The van der Waals surface area contributed by atoms with E-state index in [4.69, 9.17) is 14.2 Å². The molecule has 1 aliphatic rings. The number of rotatable bonds is 4. The Morgan fingerprint density at radius 1 is 1.03 bits per heavy atom. The Balaban J connectivity index is 1.46. The Bertz CT molecular complexity index is 1590. The largest absolute Gasteiger partial charge is 0.489 e. The molecule has 0 atom stereocenters. The lowest BCUT2D eigenvalue weighted by Gasteiger charge is -2.40. The highest BCUT2D eigenvalue weighted by molar-refractivity contribution is 7.24. The Kier molecular flexibility index (Phi) is 6.61. The van der Waals surface area contributed by atoms with Gasteiger partial charge in [-0.25, -0.2) is 4.79 Å². The fourth-order valence-electron chi connectivity index (χ4n) is 3.99. The van der Waals surface area contributed by atoms with E-state index >= 15 is 0 Å². The molecule has 5 rings (SSSR count). The lowest BCUT2D eigenvalue weighted by atomic mass is 10.00. The third-order valence-corrected chi connectivity index (χ3v) is 7.16. The van der Waals surface area contributed by atoms with Crippen molar-refractivity contribution in [3.05, 3.63) is 88.1 Å². The molecule has 8 heteroatoms. The van der Waals surface area contributed by atoms with Gasteiger partial charge in [-0.3, -0.25) is 4.79 Å².